The highest BCUT2D eigenvalue weighted by Crippen LogP contribution is 2.33. The lowest BCUT2D eigenvalue weighted by Gasteiger charge is -2.19. The largest absolute Gasteiger partial charge is 0.493 e. The Morgan fingerprint density at radius 1 is 1.00 bits per heavy atom. The molecule has 25 heavy (non-hydrogen) atoms. The van der Waals surface area contributed by atoms with E-state index in [4.69, 9.17) is 18.9 Å². The van der Waals surface area contributed by atoms with Crippen LogP contribution in [0.2, 0.25) is 0 Å². The fourth-order valence-corrected chi connectivity index (χ4v) is 2.63. The van der Waals surface area contributed by atoms with Crippen molar-refractivity contribution in [2.75, 3.05) is 32.2 Å². The molecule has 1 aliphatic rings. The summed E-state index contributed by atoms with van der Waals surface area (Å²) in [5.41, 5.74) is 2.12. The van der Waals surface area contributed by atoms with E-state index in [0.29, 0.717) is 26.4 Å². The van der Waals surface area contributed by atoms with E-state index in [1.54, 1.807) is 7.11 Å². The number of hydrogen-bond donors (Lipinski definition) is 1. The monoisotopic (exact) mass is 343 g/mol. The summed E-state index contributed by atoms with van der Waals surface area (Å²) < 4.78 is 22.4. The van der Waals surface area contributed by atoms with Crippen molar-refractivity contribution in [2.24, 2.45) is 0 Å². The van der Waals surface area contributed by atoms with E-state index in [1.165, 1.54) is 0 Å². The molecule has 1 heterocycles. The predicted molar refractivity (Wildman–Crippen MR) is 98.2 cm³/mol. The zero-order valence-electron chi connectivity index (χ0n) is 14.8. The lowest BCUT2D eigenvalue weighted by molar-refractivity contribution is 0.171. The summed E-state index contributed by atoms with van der Waals surface area (Å²) in [5, 5.41) is 3.41. The Labute approximate surface area is 148 Å². The summed E-state index contributed by atoms with van der Waals surface area (Å²) in [7, 11) is 1.66. The predicted octanol–water partition coefficient (Wildman–Crippen LogP) is 4.26. The third kappa shape index (κ3) is 4.50. The molecule has 1 N–H and O–H groups in total. The Balaban J connectivity index is 1.65. The molecule has 0 saturated carbocycles. The number of hydrogen-bond acceptors (Lipinski definition) is 5. The minimum atomic E-state index is 0.591. The van der Waals surface area contributed by atoms with E-state index < -0.39 is 0 Å². The molecule has 5 heteroatoms. The summed E-state index contributed by atoms with van der Waals surface area (Å²) >= 11 is 0. The van der Waals surface area contributed by atoms with Gasteiger partial charge in [-0.05, 0) is 36.2 Å². The first-order valence-corrected chi connectivity index (χ1v) is 8.73. The second kappa shape index (κ2) is 8.51. The zero-order chi connectivity index (χ0) is 17.5. The Kier molecular flexibility index (Phi) is 5.88. The highest BCUT2D eigenvalue weighted by molar-refractivity contribution is 5.55. The van der Waals surface area contributed by atoms with Gasteiger partial charge >= 0.3 is 0 Å². The number of ether oxygens (including phenoxy) is 4. The highest BCUT2D eigenvalue weighted by Gasteiger charge is 2.12. The SMILES string of the molecule is CCCCOc1cc(CNc2ccc3c(c2)OCCO3)ccc1OC. The topological polar surface area (TPSA) is 49.0 Å². The van der Waals surface area contributed by atoms with Crippen LogP contribution in [0.1, 0.15) is 25.3 Å². The zero-order valence-corrected chi connectivity index (χ0v) is 14.8. The number of methoxy groups -OCH3 is 1. The van der Waals surface area contributed by atoms with Crippen LogP contribution in [0.25, 0.3) is 0 Å². The standard InChI is InChI=1S/C20H25NO4/c1-3-4-9-23-19-12-15(5-7-17(19)22-2)14-21-16-6-8-18-20(13-16)25-11-10-24-18/h5-8,12-13,21H,3-4,9-11,14H2,1-2H3. The first kappa shape index (κ1) is 17.3. The van der Waals surface area contributed by atoms with Crippen LogP contribution >= 0.6 is 0 Å². The normalized spacial score (nSPS) is 12.6. The van der Waals surface area contributed by atoms with Crippen LogP contribution in [-0.2, 0) is 6.54 Å². The van der Waals surface area contributed by atoms with E-state index in [-0.39, 0.29) is 0 Å². The number of unbranched alkanes of at least 4 members (excludes halogenated alkanes) is 1. The first-order chi connectivity index (χ1) is 12.3. The lowest BCUT2D eigenvalue weighted by Crippen LogP contribution is -2.15. The van der Waals surface area contributed by atoms with Crippen molar-refractivity contribution in [3.63, 3.8) is 0 Å². The van der Waals surface area contributed by atoms with Gasteiger partial charge in [-0.15, -0.1) is 0 Å². The molecule has 0 spiro atoms. The van der Waals surface area contributed by atoms with Gasteiger partial charge in [0.15, 0.2) is 23.0 Å². The van der Waals surface area contributed by atoms with Crippen molar-refractivity contribution in [2.45, 2.75) is 26.3 Å². The van der Waals surface area contributed by atoms with Gasteiger partial charge in [0.25, 0.3) is 0 Å². The summed E-state index contributed by atoms with van der Waals surface area (Å²) in [4.78, 5) is 0. The highest BCUT2D eigenvalue weighted by atomic mass is 16.6. The minimum absolute atomic E-state index is 0.591. The molecular formula is C20H25NO4. The van der Waals surface area contributed by atoms with Gasteiger partial charge < -0.3 is 24.3 Å². The van der Waals surface area contributed by atoms with Crippen molar-refractivity contribution < 1.29 is 18.9 Å². The molecule has 0 unspecified atom stereocenters. The van der Waals surface area contributed by atoms with Crippen LogP contribution < -0.4 is 24.3 Å². The molecule has 2 aromatic carbocycles. The van der Waals surface area contributed by atoms with E-state index in [9.17, 15) is 0 Å². The molecular weight excluding hydrogens is 318 g/mol. The van der Waals surface area contributed by atoms with Gasteiger partial charge in [0.2, 0.25) is 0 Å². The summed E-state index contributed by atoms with van der Waals surface area (Å²) in [6, 6.07) is 11.9. The molecule has 134 valence electrons. The summed E-state index contributed by atoms with van der Waals surface area (Å²) in [5.74, 6) is 3.14. The van der Waals surface area contributed by atoms with Crippen molar-refractivity contribution in [1.82, 2.24) is 0 Å². The van der Waals surface area contributed by atoms with Crippen LogP contribution in [-0.4, -0.2) is 26.9 Å². The Hall–Kier alpha value is -2.56. The number of anilines is 1. The number of benzene rings is 2. The van der Waals surface area contributed by atoms with Crippen molar-refractivity contribution >= 4 is 5.69 Å². The maximum absolute atomic E-state index is 5.85. The molecule has 3 rings (SSSR count). The van der Waals surface area contributed by atoms with Gasteiger partial charge in [0.1, 0.15) is 13.2 Å². The number of rotatable bonds is 8. The third-order valence-corrected chi connectivity index (χ3v) is 4.02. The van der Waals surface area contributed by atoms with Gasteiger partial charge in [-0.2, -0.15) is 0 Å². The molecule has 0 aromatic heterocycles. The average Bonchev–Trinajstić information content (AvgIpc) is 2.66. The van der Waals surface area contributed by atoms with E-state index in [0.717, 1.165) is 47.1 Å². The van der Waals surface area contributed by atoms with Crippen LogP contribution in [0.4, 0.5) is 5.69 Å². The Morgan fingerprint density at radius 3 is 2.64 bits per heavy atom. The second-order valence-corrected chi connectivity index (χ2v) is 5.90. The maximum atomic E-state index is 5.85. The van der Waals surface area contributed by atoms with Gasteiger partial charge in [-0.25, -0.2) is 0 Å². The second-order valence-electron chi connectivity index (χ2n) is 5.90. The number of fused-ring (bicyclic) bond motifs is 1. The lowest BCUT2D eigenvalue weighted by atomic mass is 10.2. The molecule has 0 radical (unpaired) electrons. The Bertz CT molecular complexity index is 702. The van der Waals surface area contributed by atoms with E-state index >= 15 is 0 Å². The molecule has 0 fully saturated rings. The van der Waals surface area contributed by atoms with Crippen molar-refractivity contribution in [1.29, 1.82) is 0 Å². The molecule has 0 amide bonds. The first-order valence-electron chi connectivity index (χ1n) is 8.73. The van der Waals surface area contributed by atoms with Gasteiger partial charge in [-0.3, -0.25) is 0 Å². The fraction of sp³-hybridized carbons (Fsp3) is 0.400. The molecule has 1 aliphatic heterocycles. The van der Waals surface area contributed by atoms with E-state index in [1.807, 2.05) is 36.4 Å². The molecule has 0 saturated heterocycles. The van der Waals surface area contributed by atoms with Crippen LogP contribution in [0.15, 0.2) is 36.4 Å². The summed E-state index contributed by atoms with van der Waals surface area (Å²) in [6.45, 7) is 4.73. The molecule has 0 atom stereocenters. The number of nitrogens with one attached hydrogen (secondary N) is 1. The Morgan fingerprint density at radius 2 is 1.84 bits per heavy atom. The molecule has 0 bridgehead atoms. The van der Waals surface area contributed by atoms with E-state index in [2.05, 4.69) is 12.2 Å². The molecule has 2 aromatic rings. The van der Waals surface area contributed by atoms with Crippen molar-refractivity contribution in [3.05, 3.63) is 42.0 Å². The molecule has 5 nitrogen and oxygen atoms in total. The smallest absolute Gasteiger partial charge is 0.163 e. The van der Waals surface area contributed by atoms with Crippen LogP contribution in [0.5, 0.6) is 23.0 Å². The quantitative estimate of drug-likeness (QED) is 0.726. The third-order valence-electron chi connectivity index (χ3n) is 4.02. The average molecular weight is 343 g/mol. The van der Waals surface area contributed by atoms with Gasteiger partial charge in [-0.1, -0.05) is 19.4 Å². The van der Waals surface area contributed by atoms with Crippen LogP contribution in [0, 0.1) is 0 Å². The van der Waals surface area contributed by atoms with Crippen LogP contribution in [0.3, 0.4) is 0 Å². The fourth-order valence-electron chi connectivity index (χ4n) is 2.63. The van der Waals surface area contributed by atoms with Crippen molar-refractivity contribution in [3.8, 4) is 23.0 Å². The van der Waals surface area contributed by atoms with Gasteiger partial charge in [0.05, 0.1) is 13.7 Å². The minimum Gasteiger partial charge on any atom is -0.493 e. The van der Waals surface area contributed by atoms with Gasteiger partial charge in [0, 0.05) is 18.3 Å². The summed E-state index contributed by atoms with van der Waals surface area (Å²) in [6.07, 6.45) is 2.14. The maximum Gasteiger partial charge on any atom is 0.163 e. The molecule has 0 aliphatic carbocycles.